The van der Waals surface area contributed by atoms with E-state index in [0.29, 0.717) is 12.8 Å². The van der Waals surface area contributed by atoms with Crippen LogP contribution in [0.4, 0.5) is 0 Å². The molecule has 21 heavy (non-hydrogen) atoms. The number of carbonyl (C=O) groups excluding carboxylic acids is 2. The zero-order valence-corrected chi connectivity index (χ0v) is 12.9. The van der Waals surface area contributed by atoms with Crippen LogP contribution in [0.2, 0.25) is 0 Å². The van der Waals surface area contributed by atoms with Crippen LogP contribution in [0.15, 0.2) is 35.9 Å². The first-order chi connectivity index (χ1) is 9.91. The molecule has 0 spiro atoms. The second-order valence-corrected chi connectivity index (χ2v) is 6.26. The molecule has 1 aromatic carbocycles. The Hall–Kier alpha value is -1.90. The number of carbonyl (C=O) groups is 2. The van der Waals surface area contributed by atoms with E-state index in [1.54, 1.807) is 0 Å². The summed E-state index contributed by atoms with van der Waals surface area (Å²) in [5, 5.41) is 0. The molecule has 1 aliphatic rings. The molecule has 1 unspecified atom stereocenters. The Kier molecular flexibility index (Phi) is 4.61. The monoisotopic (exact) mass is 286 g/mol. The van der Waals surface area contributed by atoms with Gasteiger partial charge in [-0.1, -0.05) is 30.3 Å². The van der Waals surface area contributed by atoms with Crippen LogP contribution >= 0.6 is 0 Å². The van der Waals surface area contributed by atoms with Crippen molar-refractivity contribution < 1.29 is 14.3 Å². The van der Waals surface area contributed by atoms with E-state index in [4.69, 9.17) is 4.74 Å². The zero-order chi connectivity index (χ0) is 15.5. The van der Waals surface area contributed by atoms with Crippen molar-refractivity contribution in [1.29, 1.82) is 0 Å². The molecule has 0 N–H and O–H groups in total. The minimum atomic E-state index is -0.540. The van der Waals surface area contributed by atoms with E-state index < -0.39 is 5.60 Å². The minimum Gasteiger partial charge on any atom is -0.460 e. The molecule has 112 valence electrons. The van der Waals surface area contributed by atoms with Gasteiger partial charge < -0.3 is 4.74 Å². The molecule has 0 aliphatic heterocycles. The molecular formula is C18H22O3. The van der Waals surface area contributed by atoms with Crippen LogP contribution in [-0.4, -0.2) is 17.9 Å². The van der Waals surface area contributed by atoms with Gasteiger partial charge in [-0.3, -0.25) is 9.59 Å². The normalized spacial score (nSPS) is 18.2. The third-order valence-electron chi connectivity index (χ3n) is 3.87. The van der Waals surface area contributed by atoms with Gasteiger partial charge in [-0.15, -0.1) is 0 Å². The number of hydrogen-bond acceptors (Lipinski definition) is 3. The lowest BCUT2D eigenvalue weighted by Gasteiger charge is -2.30. The zero-order valence-electron chi connectivity index (χ0n) is 12.9. The first-order valence-electron chi connectivity index (χ1n) is 7.33. The fourth-order valence-electron chi connectivity index (χ4n) is 3.14. The van der Waals surface area contributed by atoms with Crippen LogP contribution in [0.25, 0.3) is 0 Å². The Balaban J connectivity index is 2.29. The molecule has 1 aromatic rings. The second-order valence-electron chi connectivity index (χ2n) is 6.26. The molecule has 0 saturated heterocycles. The Morgan fingerprint density at radius 3 is 2.76 bits per heavy atom. The Morgan fingerprint density at radius 2 is 2.10 bits per heavy atom. The molecule has 0 bridgehead atoms. The predicted molar refractivity (Wildman–Crippen MR) is 82.1 cm³/mol. The van der Waals surface area contributed by atoms with Crippen molar-refractivity contribution in [2.24, 2.45) is 0 Å². The topological polar surface area (TPSA) is 43.4 Å². The summed E-state index contributed by atoms with van der Waals surface area (Å²) in [6, 6.07) is 8.26. The van der Waals surface area contributed by atoms with E-state index in [2.05, 4.69) is 12.1 Å². The van der Waals surface area contributed by atoms with Crippen LogP contribution < -0.4 is 0 Å². The van der Waals surface area contributed by atoms with Crippen molar-refractivity contribution in [1.82, 2.24) is 0 Å². The van der Waals surface area contributed by atoms with Crippen LogP contribution in [-0.2, 0) is 20.7 Å². The van der Waals surface area contributed by atoms with E-state index >= 15 is 0 Å². The second kappa shape index (κ2) is 6.25. The van der Waals surface area contributed by atoms with Crippen molar-refractivity contribution in [3.8, 4) is 0 Å². The van der Waals surface area contributed by atoms with Gasteiger partial charge in [-0.2, -0.15) is 0 Å². The highest BCUT2D eigenvalue weighted by molar-refractivity contribution is 5.74. The van der Waals surface area contributed by atoms with Gasteiger partial charge in [-0.25, -0.2) is 0 Å². The Labute approximate surface area is 126 Å². The highest BCUT2D eigenvalue weighted by Crippen LogP contribution is 2.37. The summed E-state index contributed by atoms with van der Waals surface area (Å²) < 4.78 is 5.42. The van der Waals surface area contributed by atoms with Gasteiger partial charge in [-0.05, 0) is 55.7 Å². The van der Waals surface area contributed by atoms with Crippen LogP contribution in [0.1, 0.15) is 50.7 Å². The van der Waals surface area contributed by atoms with Crippen molar-refractivity contribution in [2.75, 3.05) is 0 Å². The lowest BCUT2D eigenvalue weighted by molar-refractivity contribution is -0.154. The highest BCUT2D eigenvalue weighted by atomic mass is 16.6. The van der Waals surface area contributed by atoms with Gasteiger partial charge in [0.25, 0.3) is 0 Å². The average Bonchev–Trinajstić information content (AvgIpc) is 2.57. The molecule has 0 aromatic heterocycles. The molecule has 2 rings (SSSR count). The third-order valence-corrected chi connectivity index (χ3v) is 3.87. The van der Waals surface area contributed by atoms with E-state index in [1.807, 2.05) is 32.1 Å². The predicted octanol–water partition coefficient (Wildman–Crippen LogP) is 3.57. The quantitative estimate of drug-likeness (QED) is 0.627. The highest BCUT2D eigenvalue weighted by Gasteiger charge is 2.29. The molecule has 3 heteroatoms. The van der Waals surface area contributed by atoms with E-state index in [1.165, 1.54) is 18.1 Å². The van der Waals surface area contributed by atoms with Gasteiger partial charge in [0.1, 0.15) is 11.9 Å². The van der Waals surface area contributed by atoms with Crippen molar-refractivity contribution >= 4 is 12.3 Å². The lowest BCUT2D eigenvalue weighted by Crippen LogP contribution is -2.29. The number of fused-ring (bicyclic) bond motifs is 1. The standard InChI is InChI=1S/C18H22O3/c1-13(20)21-18(2,3)11-16-10-14(12-19)8-9-15-6-4-5-7-17(15)16/h4-8,12,16H,9-11H2,1-3H3. The fraction of sp³-hybridized carbons (Fsp3) is 0.444. The van der Waals surface area contributed by atoms with Crippen LogP contribution in [0, 0.1) is 0 Å². The number of allylic oxidation sites excluding steroid dienone is 2. The largest absolute Gasteiger partial charge is 0.460 e. The molecule has 0 fully saturated rings. The van der Waals surface area contributed by atoms with Crippen molar-refractivity contribution in [3.05, 3.63) is 47.0 Å². The Morgan fingerprint density at radius 1 is 1.38 bits per heavy atom. The maximum absolute atomic E-state index is 11.2. The number of esters is 1. The number of benzene rings is 1. The van der Waals surface area contributed by atoms with E-state index in [9.17, 15) is 9.59 Å². The molecule has 0 amide bonds. The van der Waals surface area contributed by atoms with Crippen molar-refractivity contribution in [3.63, 3.8) is 0 Å². The Bertz CT molecular complexity index is 570. The summed E-state index contributed by atoms with van der Waals surface area (Å²) in [7, 11) is 0. The molecule has 1 aliphatic carbocycles. The maximum atomic E-state index is 11.2. The fourth-order valence-corrected chi connectivity index (χ4v) is 3.14. The summed E-state index contributed by atoms with van der Waals surface area (Å²) in [6.07, 6.45) is 5.14. The van der Waals surface area contributed by atoms with E-state index in [0.717, 1.165) is 18.3 Å². The summed E-state index contributed by atoms with van der Waals surface area (Å²) in [5.41, 5.74) is 2.79. The first kappa shape index (κ1) is 15.5. The molecule has 0 radical (unpaired) electrons. The maximum Gasteiger partial charge on any atom is 0.303 e. The molecule has 0 saturated carbocycles. The van der Waals surface area contributed by atoms with Gasteiger partial charge in [0.15, 0.2) is 0 Å². The van der Waals surface area contributed by atoms with Gasteiger partial charge in [0, 0.05) is 6.92 Å². The van der Waals surface area contributed by atoms with Gasteiger partial charge >= 0.3 is 5.97 Å². The molecule has 0 heterocycles. The number of hydrogen-bond donors (Lipinski definition) is 0. The van der Waals surface area contributed by atoms with Crippen molar-refractivity contribution in [2.45, 2.75) is 51.6 Å². The average molecular weight is 286 g/mol. The SMILES string of the molecule is CC(=O)OC(C)(C)CC1CC(C=O)=CCc2ccccc21. The number of rotatable bonds is 4. The molecule has 1 atom stereocenters. The molecule has 3 nitrogen and oxygen atoms in total. The smallest absolute Gasteiger partial charge is 0.303 e. The number of ether oxygens (including phenoxy) is 1. The minimum absolute atomic E-state index is 0.189. The first-order valence-corrected chi connectivity index (χ1v) is 7.33. The summed E-state index contributed by atoms with van der Waals surface area (Å²) in [4.78, 5) is 22.4. The van der Waals surface area contributed by atoms with Crippen LogP contribution in [0.3, 0.4) is 0 Å². The molecular weight excluding hydrogens is 264 g/mol. The summed E-state index contributed by atoms with van der Waals surface area (Å²) in [6.45, 7) is 5.28. The van der Waals surface area contributed by atoms with Gasteiger partial charge in [0.05, 0.1) is 0 Å². The number of aldehydes is 1. The summed E-state index contributed by atoms with van der Waals surface area (Å²) >= 11 is 0. The third kappa shape index (κ3) is 4.03. The van der Waals surface area contributed by atoms with E-state index in [-0.39, 0.29) is 11.9 Å². The lowest BCUT2D eigenvalue weighted by atomic mass is 9.83. The van der Waals surface area contributed by atoms with Gasteiger partial charge in [0.2, 0.25) is 0 Å². The summed E-state index contributed by atoms with van der Waals surface area (Å²) in [5.74, 6) is -0.0810. The van der Waals surface area contributed by atoms with Crippen LogP contribution in [0.5, 0.6) is 0 Å².